The Bertz CT molecular complexity index is 1310. The number of ether oxygens (including phenoxy) is 1. The third kappa shape index (κ3) is 3.70. The van der Waals surface area contributed by atoms with Crippen molar-refractivity contribution in [1.29, 1.82) is 0 Å². The molecule has 165 valence electrons. The molecule has 1 aromatic carbocycles. The fourth-order valence-corrected chi connectivity index (χ4v) is 5.24. The van der Waals surface area contributed by atoms with Gasteiger partial charge in [0, 0.05) is 48.3 Å². The highest BCUT2D eigenvalue weighted by Crippen LogP contribution is 2.35. The average Bonchev–Trinajstić information content (AvgIpc) is 3.51. The lowest BCUT2D eigenvalue weighted by atomic mass is 9.90. The first-order chi connectivity index (χ1) is 16.2. The van der Waals surface area contributed by atoms with E-state index >= 15 is 0 Å². The first-order valence-corrected chi connectivity index (χ1v) is 11.5. The second kappa shape index (κ2) is 8.12. The number of piperidine rings is 1. The molecule has 1 spiro atoms. The van der Waals surface area contributed by atoms with Gasteiger partial charge in [-0.3, -0.25) is 9.78 Å². The number of nitrogens with zero attached hydrogens (tertiary/aromatic N) is 3. The molecule has 4 aromatic rings. The van der Waals surface area contributed by atoms with Crippen LogP contribution in [0.4, 0.5) is 0 Å². The topological polar surface area (TPSA) is 71.1 Å². The van der Waals surface area contributed by atoms with E-state index in [0.717, 1.165) is 66.5 Å². The minimum absolute atomic E-state index is 0.0148. The predicted octanol–water partition coefficient (Wildman–Crippen LogP) is 4.88. The van der Waals surface area contributed by atoms with Crippen LogP contribution in [-0.2, 0) is 4.74 Å². The van der Waals surface area contributed by atoms with Gasteiger partial charge in [-0.1, -0.05) is 24.3 Å². The van der Waals surface area contributed by atoms with Crippen LogP contribution in [-0.4, -0.2) is 51.1 Å². The lowest BCUT2D eigenvalue weighted by Gasteiger charge is -2.39. The van der Waals surface area contributed by atoms with Gasteiger partial charge in [0.2, 0.25) is 0 Å². The summed E-state index contributed by atoms with van der Waals surface area (Å²) in [6, 6.07) is 16.9. The Kier molecular flexibility index (Phi) is 4.95. The molecule has 2 fully saturated rings. The number of amides is 1. The Hall–Kier alpha value is -3.51. The molecule has 33 heavy (non-hydrogen) atoms. The summed E-state index contributed by atoms with van der Waals surface area (Å²) < 4.78 is 6.06. The van der Waals surface area contributed by atoms with E-state index in [4.69, 9.17) is 4.74 Å². The Balaban J connectivity index is 1.34. The molecule has 0 saturated carbocycles. The molecule has 2 saturated heterocycles. The van der Waals surface area contributed by atoms with Crippen LogP contribution in [0.5, 0.6) is 0 Å². The second-order valence-corrected chi connectivity index (χ2v) is 9.02. The molecule has 2 aliphatic rings. The van der Waals surface area contributed by atoms with Crippen LogP contribution in [0.25, 0.3) is 33.3 Å². The van der Waals surface area contributed by atoms with Crippen molar-refractivity contribution in [3.05, 3.63) is 72.8 Å². The fourth-order valence-electron chi connectivity index (χ4n) is 5.24. The van der Waals surface area contributed by atoms with E-state index in [1.165, 1.54) is 0 Å². The number of hydrogen-bond acceptors (Lipinski definition) is 4. The molecule has 1 amide bonds. The third-order valence-electron chi connectivity index (χ3n) is 6.87. The zero-order chi connectivity index (χ0) is 22.3. The van der Waals surface area contributed by atoms with Crippen LogP contribution >= 0.6 is 0 Å². The average molecular weight is 438 g/mol. The lowest BCUT2D eigenvalue weighted by molar-refractivity contribution is -0.0447. The molecule has 6 heteroatoms. The molecule has 1 N–H and O–H groups in total. The largest absolute Gasteiger partial charge is 0.373 e. The number of fused-ring (bicyclic) bond motifs is 1. The van der Waals surface area contributed by atoms with Gasteiger partial charge in [0.1, 0.15) is 11.3 Å². The highest BCUT2D eigenvalue weighted by Gasteiger charge is 2.41. The zero-order valence-electron chi connectivity index (χ0n) is 18.4. The van der Waals surface area contributed by atoms with Crippen molar-refractivity contribution in [2.75, 3.05) is 19.7 Å². The molecule has 0 bridgehead atoms. The maximum Gasteiger partial charge on any atom is 0.270 e. The summed E-state index contributed by atoms with van der Waals surface area (Å²) in [5, 5.41) is 0.921. The van der Waals surface area contributed by atoms with E-state index in [-0.39, 0.29) is 11.5 Å². The number of hydrogen-bond donors (Lipinski definition) is 1. The first-order valence-electron chi connectivity index (χ1n) is 11.5. The smallest absolute Gasteiger partial charge is 0.270 e. The lowest BCUT2D eigenvalue weighted by Crippen LogP contribution is -2.50. The molecule has 2 aliphatic heterocycles. The molecule has 0 aliphatic carbocycles. The van der Waals surface area contributed by atoms with E-state index in [2.05, 4.69) is 27.1 Å². The second-order valence-electron chi connectivity index (χ2n) is 9.02. The molecule has 6 rings (SSSR count). The van der Waals surface area contributed by atoms with Crippen molar-refractivity contribution in [2.45, 2.75) is 31.3 Å². The number of aromatic amines is 1. The highest BCUT2D eigenvalue weighted by molar-refractivity contribution is 6.02. The number of benzene rings is 1. The van der Waals surface area contributed by atoms with Crippen molar-refractivity contribution >= 4 is 16.9 Å². The van der Waals surface area contributed by atoms with Crippen molar-refractivity contribution in [3.63, 3.8) is 0 Å². The summed E-state index contributed by atoms with van der Waals surface area (Å²) in [5.41, 5.74) is 5.25. The Morgan fingerprint density at radius 1 is 1.06 bits per heavy atom. The van der Waals surface area contributed by atoms with Gasteiger partial charge in [0.15, 0.2) is 0 Å². The maximum absolute atomic E-state index is 13.4. The van der Waals surface area contributed by atoms with Gasteiger partial charge in [0.25, 0.3) is 5.91 Å². The minimum Gasteiger partial charge on any atom is -0.373 e. The molecule has 1 unspecified atom stereocenters. The Labute approximate surface area is 192 Å². The number of pyridine rings is 2. The third-order valence-corrected chi connectivity index (χ3v) is 6.87. The van der Waals surface area contributed by atoms with Gasteiger partial charge < -0.3 is 14.6 Å². The Morgan fingerprint density at radius 3 is 2.76 bits per heavy atom. The van der Waals surface area contributed by atoms with Crippen LogP contribution in [0.15, 0.2) is 61.1 Å². The number of carbonyl (C=O) groups excluding carboxylic acids is 1. The summed E-state index contributed by atoms with van der Waals surface area (Å²) in [5.74, 6) is 0.0148. The number of H-pyrrole nitrogens is 1. The molecule has 5 heterocycles. The summed E-state index contributed by atoms with van der Waals surface area (Å²) >= 11 is 0. The minimum atomic E-state index is -0.148. The summed E-state index contributed by atoms with van der Waals surface area (Å²) in [7, 11) is 0. The van der Waals surface area contributed by atoms with Crippen LogP contribution in [0, 0.1) is 6.07 Å². The summed E-state index contributed by atoms with van der Waals surface area (Å²) in [6.07, 6.45) is 9.63. The van der Waals surface area contributed by atoms with E-state index in [0.29, 0.717) is 17.9 Å². The number of nitrogens with one attached hydrogen (secondary N) is 1. The molecular weight excluding hydrogens is 412 g/mol. The van der Waals surface area contributed by atoms with Gasteiger partial charge in [-0.25, -0.2) is 4.98 Å². The molecule has 1 atom stereocenters. The van der Waals surface area contributed by atoms with Crippen LogP contribution < -0.4 is 0 Å². The van der Waals surface area contributed by atoms with Gasteiger partial charge in [0.05, 0.1) is 12.1 Å². The van der Waals surface area contributed by atoms with E-state index in [1.807, 2.05) is 53.7 Å². The Morgan fingerprint density at radius 2 is 1.91 bits per heavy atom. The van der Waals surface area contributed by atoms with Crippen molar-refractivity contribution in [3.8, 4) is 22.3 Å². The number of carbonyl (C=O) groups is 1. The van der Waals surface area contributed by atoms with E-state index in [1.54, 1.807) is 6.20 Å². The number of likely N-dealkylation sites (tertiary alicyclic amines) is 1. The van der Waals surface area contributed by atoms with Gasteiger partial charge in [-0.05, 0) is 61.1 Å². The quantitative estimate of drug-likeness (QED) is 0.496. The normalized spacial score (nSPS) is 20.5. The molecule has 3 aromatic heterocycles. The predicted molar refractivity (Wildman–Crippen MR) is 127 cm³/mol. The van der Waals surface area contributed by atoms with Gasteiger partial charge in [-0.2, -0.15) is 0 Å². The van der Waals surface area contributed by atoms with E-state index < -0.39 is 0 Å². The first kappa shape index (κ1) is 20.1. The SMILES string of the molecule is O=C(c1cc2c(-c3cncc(-c4cc[c]cc4)c3)ccnc2[nH]1)N1CCCC2(CCCO2)C1. The van der Waals surface area contributed by atoms with Gasteiger partial charge in [-0.15, -0.1) is 0 Å². The summed E-state index contributed by atoms with van der Waals surface area (Å²) in [6.45, 7) is 2.23. The van der Waals surface area contributed by atoms with Crippen LogP contribution in [0.3, 0.4) is 0 Å². The summed E-state index contributed by atoms with van der Waals surface area (Å²) in [4.78, 5) is 27.6. The maximum atomic E-state index is 13.4. The molecule has 1 radical (unpaired) electrons. The van der Waals surface area contributed by atoms with Crippen LogP contribution in [0.1, 0.15) is 36.2 Å². The van der Waals surface area contributed by atoms with Crippen molar-refractivity contribution in [1.82, 2.24) is 19.9 Å². The van der Waals surface area contributed by atoms with E-state index in [9.17, 15) is 4.79 Å². The number of aromatic nitrogens is 3. The highest BCUT2D eigenvalue weighted by atomic mass is 16.5. The van der Waals surface area contributed by atoms with Crippen molar-refractivity contribution in [2.24, 2.45) is 0 Å². The van der Waals surface area contributed by atoms with Gasteiger partial charge >= 0.3 is 0 Å². The van der Waals surface area contributed by atoms with Crippen LogP contribution in [0.2, 0.25) is 0 Å². The van der Waals surface area contributed by atoms with Crippen molar-refractivity contribution < 1.29 is 9.53 Å². The standard InChI is InChI=1S/C27H25N4O2/c32-26(31-12-4-9-27(18-31)10-5-13-33-27)24-15-23-22(8-11-29-25(23)30-24)21-14-20(16-28-17-21)19-6-2-1-3-7-19/h2-3,6-8,11,14-17H,4-5,9-10,12-13,18H2,(H,29,30). The molecular formula is C27H25N4O2. The molecule has 6 nitrogen and oxygen atoms in total. The fraction of sp³-hybridized carbons (Fsp3) is 0.296. The monoisotopic (exact) mass is 437 g/mol. The zero-order valence-corrected chi connectivity index (χ0v) is 18.4. The number of rotatable bonds is 3.